The van der Waals surface area contributed by atoms with E-state index in [0.717, 1.165) is 28.8 Å². The third-order valence-corrected chi connectivity index (χ3v) is 3.68. The molecule has 0 aliphatic rings. The molecule has 0 spiro atoms. The molecule has 0 aliphatic carbocycles. The lowest BCUT2D eigenvalue weighted by Crippen LogP contribution is -2.04. The lowest BCUT2D eigenvalue weighted by atomic mass is 10.3. The second-order valence-electron chi connectivity index (χ2n) is 3.33. The second kappa shape index (κ2) is 4.72. The number of rotatable bonds is 4. The van der Waals surface area contributed by atoms with Crippen LogP contribution in [0, 0.1) is 13.8 Å². The van der Waals surface area contributed by atoms with E-state index in [9.17, 15) is 0 Å². The number of hydrogen-bond donors (Lipinski definition) is 1. The van der Waals surface area contributed by atoms with Crippen molar-refractivity contribution in [2.75, 3.05) is 11.9 Å². The molecule has 2 heterocycles. The van der Waals surface area contributed by atoms with Gasteiger partial charge >= 0.3 is 0 Å². The monoisotopic (exact) mass is 239 g/mol. The van der Waals surface area contributed by atoms with E-state index in [1.54, 1.807) is 22.7 Å². The van der Waals surface area contributed by atoms with Crippen LogP contribution in [0.25, 0.3) is 0 Å². The Bertz CT molecular complexity index is 393. The van der Waals surface area contributed by atoms with E-state index in [2.05, 4.69) is 26.0 Å². The van der Waals surface area contributed by atoms with Gasteiger partial charge < -0.3 is 5.32 Å². The van der Waals surface area contributed by atoms with Gasteiger partial charge in [-0.1, -0.05) is 0 Å². The molecule has 0 bridgehead atoms. The molecule has 0 radical (unpaired) electrons. The van der Waals surface area contributed by atoms with Crippen LogP contribution in [0.1, 0.15) is 16.4 Å². The van der Waals surface area contributed by atoms with Crippen LogP contribution in [0.5, 0.6) is 0 Å². The summed E-state index contributed by atoms with van der Waals surface area (Å²) in [7, 11) is 0. The molecule has 80 valence electrons. The fraction of sp³-hybridized carbons (Fsp3) is 0.400. The Morgan fingerprint density at radius 1 is 1.20 bits per heavy atom. The Morgan fingerprint density at radius 3 is 2.67 bits per heavy atom. The van der Waals surface area contributed by atoms with Gasteiger partial charge in [-0.05, 0) is 13.8 Å². The number of nitrogens with one attached hydrogen (secondary N) is 1. The lowest BCUT2D eigenvalue weighted by Gasteiger charge is -1.99. The summed E-state index contributed by atoms with van der Waals surface area (Å²) in [6.07, 6.45) is 0.961. The molecule has 0 fully saturated rings. The number of anilines is 1. The van der Waals surface area contributed by atoms with Crippen molar-refractivity contribution < 1.29 is 0 Å². The predicted octanol–water partition coefficient (Wildman–Crippen LogP) is 2.87. The van der Waals surface area contributed by atoms with Gasteiger partial charge in [0.25, 0.3) is 0 Å². The highest BCUT2D eigenvalue weighted by Gasteiger charge is 2.00. The SMILES string of the molecule is Cc1csc(NCCc2csc(C)n2)n1. The quantitative estimate of drug-likeness (QED) is 0.891. The van der Waals surface area contributed by atoms with Crippen LogP contribution in [-0.4, -0.2) is 16.5 Å². The molecule has 0 unspecified atom stereocenters. The van der Waals surface area contributed by atoms with E-state index in [1.807, 2.05) is 13.8 Å². The molecule has 0 aromatic carbocycles. The highest BCUT2D eigenvalue weighted by Crippen LogP contribution is 2.14. The van der Waals surface area contributed by atoms with Crippen molar-refractivity contribution in [2.45, 2.75) is 20.3 Å². The van der Waals surface area contributed by atoms with Crippen molar-refractivity contribution in [1.82, 2.24) is 9.97 Å². The first-order valence-electron chi connectivity index (χ1n) is 4.81. The Labute approximate surface area is 97.2 Å². The summed E-state index contributed by atoms with van der Waals surface area (Å²) in [5.41, 5.74) is 2.24. The normalized spacial score (nSPS) is 10.5. The molecule has 1 N–H and O–H groups in total. The zero-order valence-corrected chi connectivity index (χ0v) is 10.4. The molecule has 15 heavy (non-hydrogen) atoms. The number of hydrogen-bond acceptors (Lipinski definition) is 5. The Balaban J connectivity index is 1.80. The fourth-order valence-electron chi connectivity index (χ4n) is 1.26. The third-order valence-electron chi connectivity index (χ3n) is 1.94. The summed E-state index contributed by atoms with van der Waals surface area (Å²) in [4.78, 5) is 8.75. The lowest BCUT2D eigenvalue weighted by molar-refractivity contribution is 0.964. The maximum Gasteiger partial charge on any atom is 0.182 e. The van der Waals surface area contributed by atoms with E-state index in [-0.39, 0.29) is 0 Å². The Hall–Kier alpha value is -0.940. The van der Waals surface area contributed by atoms with Crippen molar-refractivity contribution in [3.05, 3.63) is 27.2 Å². The number of aryl methyl sites for hydroxylation is 2. The molecule has 0 aliphatic heterocycles. The first kappa shape index (κ1) is 10.6. The zero-order valence-electron chi connectivity index (χ0n) is 8.78. The van der Waals surface area contributed by atoms with E-state index in [1.165, 1.54) is 5.69 Å². The zero-order chi connectivity index (χ0) is 10.7. The van der Waals surface area contributed by atoms with Crippen molar-refractivity contribution in [3.63, 3.8) is 0 Å². The largest absolute Gasteiger partial charge is 0.361 e. The summed E-state index contributed by atoms with van der Waals surface area (Å²) in [5, 5.41) is 9.60. The van der Waals surface area contributed by atoms with Gasteiger partial charge in [0.2, 0.25) is 0 Å². The highest BCUT2D eigenvalue weighted by atomic mass is 32.1. The first-order chi connectivity index (χ1) is 7.24. The Kier molecular flexibility index (Phi) is 3.33. The van der Waals surface area contributed by atoms with Crippen LogP contribution in [0.3, 0.4) is 0 Å². The summed E-state index contributed by atoms with van der Waals surface area (Å²) < 4.78 is 0. The fourth-order valence-corrected chi connectivity index (χ4v) is 2.62. The minimum absolute atomic E-state index is 0.899. The van der Waals surface area contributed by atoms with E-state index >= 15 is 0 Å². The van der Waals surface area contributed by atoms with Gasteiger partial charge in [-0.2, -0.15) is 0 Å². The number of aromatic nitrogens is 2. The minimum Gasteiger partial charge on any atom is -0.361 e. The summed E-state index contributed by atoms with van der Waals surface area (Å²) in [6, 6.07) is 0. The van der Waals surface area contributed by atoms with Crippen molar-refractivity contribution >= 4 is 27.8 Å². The summed E-state index contributed by atoms with van der Waals surface area (Å²) >= 11 is 3.35. The van der Waals surface area contributed by atoms with Crippen molar-refractivity contribution in [3.8, 4) is 0 Å². The standard InChI is InChI=1S/C10H13N3S2/c1-7-5-15-10(12-7)11-4-3-9-6-14-8(2)13-9/h5-6H,3-4H2,1-2H3,(H,11,12). The van der Waals surface area contributed by atoms with Crippen LogP contribution >= 0.6 is 22.7 Å². The maximum atomic E-state index is 4.41. The van der Waals surface area contributed by atoms with Gasteiger partial charge in [0, 0.05) is 23.7 Å². The van der Waals surface area contributed by atoms with Gasteiger partial charge in [0.1, 0.15) is 0 Å². The minimum atomic E-state index is 0.899. The van der Waals surface area contributed by atoms with Crippen LogP contribution < -0.4 is 5.32 Å². The van der Waals surface area contributed by atoms with Gasteiger partial charge in [-0.25, -0.2) is 9.97 Å². The topological polar surface area (TPSA) is 37.8 Å². The van der Waals surface area contributed by atoms with E-state index in [0.29, 0.717) is 0 Å². The van der Waals surface area contributed by atoms with Crippen LogP contribution in [0.15, 0.2) is 10.8 Å². The smallest absolute Gasteiger partial charge is 0.182 e. The van der Waals surface area contributed by atoms with Gasteiger partial charge in [0.15, 0.2) is 5.13 Å². The molecular weight excluding hydrogens is 226 g/mol. The molecular formula is C10H13N3S2. The molecule has 3 nitrogen and oxygen atoms in total. The Morgan fingerprint density at radius 2 is 2.07 bits per heavy atom. The molecule has 2 rings (SSSR count). The second-order valence-corrected chi connectivity index (χ2v) is 5.25. The van der Waals surface area contributed by atoms with Crippen LogP contribution in [0.2, 0.25) is 0 Å². The molecule has 0 saturated carbocycles. The molecule has 5 heteroatoms. The average Bonchev–Trinajstić information content (AvgIpc) is 2.76. The number of thiazole rings is 2. The number of nitrogens with zero attached hydrogens (tertiary/aromatic N) is 2. The average molecular weight is 239 g/mol. The molecule has 2 aromatic heterocycles. The van der Waals surface area contributed by atoms with Crippen molar-refractivity contribution in [1.29, 1.82) is 0 Å². The molecule has 0 amide bonds. The summed E-state index contributed by atoms with van der Waals surface area (Å²) in [6.45, 7) is 4.94. The van der Waals surface area contributed by atoms with Gasteiger partial charge in [-0.3, -0.25) is 0 Å². The van der Waals surface area contributed by atoms with Gasteiger partial charge in [0.05, 0.1) is 16.4 Å². The van der Waals surface area contributed by atoms with E-state index in [4.69, 9.17) is 0 Å². The van der Waals surface area contributed by atoms with Crippen LogP contribution in [0.4, 0.5) is 5.13 Å². The maximum absolute atomic E-state index is 4.41. The van der Waals surface area contributed by atoms with Gasteiger partial charge in [-0.15, -0.1) is 22.7 Å². The molecule has 0 saturated heterocycles. The van der Waals surface area contributed by atoms with Crippen molar-refractivity contribution in [2.24, 2.45) is 0 Å². The highest BCUT2D eigenvalue weighted by molar-refractivity contribution is 7.13. The van der Waals surface area contributed by atoms with Crippen LogP contribution in [-0.2, 0) is 6.42 Å². The predicted molar refractivity (Wildman–Crippen MR) is 65.9 cm³/mol. The summed E-state index contributed by atoms with van der Waals surface area (Å²) in [5.74, 6) is 0. The molecule has 0 atom stereocenters. The molecule has 2 aromatic rings. The first-order valence-corrected chi connectivity index (χ1v) is 6.57. The van der Waals surface area contributed by atoms with E-state index < -0.39 is 0 Å². The third kappa shape index (κ3) is 3.00.